The maximum Gasteiger partial charge on any atom is 0.410 e. The van der Waals surface area contributed by atoms with Gasteiger partial charge in [0.1, 0.15) is 30.7 Å². The first-order valence-electron chi connectivity index (χ1n) is 13.6. The number of halogens is 4. The van der Waals surface area contributed by atoms with Crippen molar-refractivity contribution in [2.45, 2.75) is 62.8 Å². The molecule has 14 heteroatoms. The van der Waals surface area contributed by atoms with Gasteiger partial charge in [-0.05, 0) is 54.9 Å². The minimum absolute atomic E-state index is 0.0119. The van der Waals surface area contributed by atoms with Gasteiger partial charge in [0.15, 0.2) is 0 Å². The summed E-state index contributed by atoms with van der Waals surface area (Å²) >= 11 is 0. The van der Waals surface area contributed by atoms with Crippen LogP contribution in [0.15, 0.2) is 48.7 Å². The Balaban J connectivity index is 1.48. The molecule has 1 saturated carbocycles. The summed E-state index contributed by atoms with van der Waals surface area (Å²) in [5.41, 5.74) is 1.14. The summed E-state index contributed by atoms with van der Waals surface area (Å²) < 4.78 is 64.1. The minimum Gasteiger partial charge on any atom is -0.445 e. The zero-order chi connectivity index (χ0) is 30.3. The molecule has 228 valence electrons. The lowest BCUT2D eigenvalue weighted by Gasteiger charge is -2.31. The molecule has 4 amide bonds. The lowest BCUT2D eigenvalue weighted by molar-refractivity contribution is -0.150. The number of anilines is 1. The summed E-state index contributed by atoms with van der Waals surface area (Å²) in [5, 5.41) is 7.19. The smallest absolute Gasteiger partial charge is 0.410 e. The van der Waals surface area contributed by atoms with Crippen LogP contribution in [-0.2, 0) is 20.9 Å². The molecule has 1 saturated heterocycles. The lowest BCUT2D eigenvalue weighted by Crippen LogP contribution is -2.49. The number of alkyl halides is 4. The minimum atomic E-state index is -4.62. The number of hydrogen-bond acceptors (Lipinski definition) is 6. The molecule has 2 aromatic rings. The molecular weight excluding hydrogens is 562 g/mol. The van der Waals surface area contributed by atoms with Crippen LogP contribution in [0.3, 0.4) is 0 Å². The molecule has 0 bridgehead atoms. The molecule has 1 aromatic heterocycles. The van der Waals surface area contributed by atoms with Crippen LogP contribution in [-0.4, -0.2) is 72.6 Å². The third-order valence-electron chi connectivity index (χ3n) is 7.40. The van der Waals surface area contributed by atoms with Gasteiger partial charge in [0.25, 0.3) is 0 Å². The quantitative estimate of drug-likeness (QED) is 0.348. The predicted molar refractivity (Wildman–Crippen MR) is 143 cm³/mol. The molecule has 3 atom stereocenters. The van der Waals surface area contributed by atoms with Gasteiger partial charge >= 0.3 is 18.3 Å². The van der Waals surface area contributed by atoms with Gasteiger partial charge in [-0.15, -0.1) is 0 Å². The first kappa shape index (κ1) is 31.0. The second kappa shape index (κ2) is 13.8. The fraction of sp³-hybridized carbons (Fsp3) is 0.500. The van der Waals surface area contributed by atoms with Gasteiger partial charge in [-0.1, -0.05) is 30.3 Å². The Labute approximate surface area is 240 Å². The van der Waals surface area contributed by atoms with E-state index in [2.05, 4.69) is 15.6 Å². The zero-order valence-electron chi connectivity index (χ0n) is 22.9. The number of methoxy groups -OCH3 is 1. The molecule has 0 spiro atoms. The number of carbonyl (C=O) groups excluding carboxylic acids is 3. The van der Waals surface area contributed by atoms with Gasteiger partial charge < -0.3 is 30.3 Å². The maximum absolute atomic E-state index is 13.8. The predicted octanol–water partition coefficient (Wildman–Crippen LogP) is 4.49. The Morgan fingerprint density at radius 1 is 1.14 bits per heavy atom. The lowest BCUT2D eigenvalue weighted by atomic mass is 9.82. The van der Waals surface area contributed by atoms with Gasteiger partial charge in [0.05, 0.1) is 19.2 Å². The third-order valence-corrected chi connectivity index (χ3v) is 7.40. The van der Waals surface area contributed by atoms with Gasteiger partial charge in [0, 0.05) is 13.3 Å². The molecule has 42 heavy (non-hydrogen) atoms. The Morgan fingerprint density at radius 3 is 2.50 bits per heavy atom. The van der Waals surface area contributed by atoms with Crippen molar-refractivity contribution < 1.29 is 41.4 Å². The van der Waals surface area contributed by atoms with Crippen LogP contribution >= 0.6 is 0 Å². The monoisotopic (exact) mass is 595 g/mol. The molecule has 1 aromatic carbocycles. The number of ether oxygens (including phenoxy) is 2. The number of nitrogens with one attached hydrogen (secondary N) is 3. The average molecular weight is 596 g/mol. The highest BCUT2D eigenvalue weighted by Crippen LogP contribution is 2.32. The van der Waals surface area contributed by atoms with E-state index in [0.29, 0.717) is 18.4 Å². The van der Waals surface area contributed by atoms with Crippen molar-refractivity contribution in [3.05, 3.63) is 59.8 Å². The van der Waals surface area contributed by atoms with Crippen molar-refractivity contribution in [1.82, 2.24) is 20.5 Å². The van der Waals surface area contributed by atoms with E-state index in [1.165, 1.54) is 25.4 Å². The van der Waals surface area contributed by atoms with Crippen molar-refractivity contribution in [3.63, 3.8) is 0 Å². The Bertz CT molecular complexity index is 1230. The number of amides is 4. The van der Waals surface area contributed by atoms with Crippen LogP contribution < -0.4 is 16.0 Å². The van der Waals surface area contributed by atoms with E-state index in [0.717, 1.165) is 10.5 Å². The highest BCUT2D eigenvalue weighted by atomic mass is 19.4. The summed E-state index contributed by atoms with van der Waals surface area (Å²) in [4.78, 5) is 43.6. The molecule has 2 fully saturated rings. The number of hydrogen-bond donors (Lipinski definition) is 3. The van der Waals surface area contributed by atoms with E-state index in [9.17, 15) is 31.9 Å². The van der Waals surface area contributed by atoms with E-state index in [4.69, 9.17) is 9.47 Å². The number of rotatable bonds is 10. The second-order valence-electron chi connectivity index (χ2n) is 10.3. The second-order valence-corrected chi connectivity index (χ2v) is 10.3. The molecule has 1 unspecified atom stereocenters. The fourth-order valence-electron chi connectivity index (χ4n) is 5.16. The van der Waals surface area contributed by atoms with Crippen LogP contribution in [0.5, 0.6) is 0 Å². The Kier molecular flexibility index (Phi) is 10.2. The number of benzene rings is 1. The largest absolute Gasteiger partial charge is 0.445 e. The third kappa shape index (κ3) is 8.08. The molecule has 2 heterocycles. The van der Waals surface area contributed by atoms with Crippen molar-refractivity contribution >= 4 is 23.8 Å². The average Bonchev–Trinajstić information content (AvgIpc) is 3.36. The standard InChI is InChI=1S/C28H33F4N5O5/c1-41-16-21(37-14-22(28(30,31)32)34-26(37)39)19-11-12-33-23(13-19)35-25(38)24(18-7-9-20(29)10-8-18)36-27(40)42-15-17-5-3-2-4-6-17/h2-6,11-13,18,20-22,24H,7-10,14-16H2,1H3,(H,34,39)(H,36,40)(H,33,35,38)/t18?,20?,21-,22+,24?/m1/s1. The zero-order valence-corrected chi connectivity index (χ0v) is 22.9. The van der Waals surface area contributed by atoms with Crippen LogP contribution in [0.1, 0.15) is 42.9 Å². The maximum atomic E-state index is 13.8. The number of urea groups is 1. The first-order valence-corrected chi connectivity index (χ1v) is 13.6. The molecule has 1 aliphatic carbocycles. The molecule has 1 aliphatic heterocycles. The van der Waals surface area contributed by atoms with Gasteiger partial charge in [0.2, 0.25) is 5.91 Å². The van der Waals surface area contributed by atoms with E-state index in [1.807, 2.05) is 11.4 Å². The Morgan fingerprint density at radius 2 is 1.86 bits per heavy atom. The van der Waals surface area contributed by atoms with E-state index in [1.54, 1.807) is 24.3 Å². The molecule has 0 radical (unpaired) electrons. The van der Waals surface area contributed by atoms with Crippen molar-refractivity contribution in [3.8, 4) is 0 Å². The number of nitrogens with zero attached hydrogens (tertiary/aromatic N) is 2. The van der Waals surface area contributed by atoms with Crippen molar-refractivity contribution in [2.24, 2.45) is 5.92 Å². The highest BCUT2D eigenvalue weighted by Gasteiger charge is 2.48. The molecule has 2 aliphatic rings. The summed E-state index contributed by atoms with van der Waals surface area (Å²) in [7, 11) is 1.35. The number of pyridine rings is 1. The molecule has 10 nitrogen and oxygen atoms in total. The summed E-state index contributed by atoms with van der Waals surface area (Å²) in [6.45, 7) is -0.740. The Hall–Kier alpha value is -3.94. The highest BCUT2D eigenvalue weighted by molar-refractivity contribution is 5.96. The van der Waals surface area contributed by atoms with E-state index < -0.39 is 55.0 Å². The van der Waals surface area contributed by atoms with Gasteiger partial charge in [-0.25, -0.2) is 19.0 Å². The first-order chi connectivity index (χ1) is 20.0. The van der Waals surface area contributed by atoms with E-state index >= 15 is 0 Å². The molecular formula is C28H33F4N5O5. The number of aromatic nitrogens is 1. The van der Waals surface area contributed by atoms with Crippen LogP contribution in [0.2, 0.25) is 0 Å². The number of alkyl carbamates (subject to hydrolysis) is 1. The number of carbonyl (C=O) groups is 3. The van der Waals surface area contributed by atoms with E-state index in [-0.39, 0.29) is 37.8 Å². The SMILES string of the molecule is COC[C@H](c1ccnc(NC(=O)C(NC(=O)OCc2ccccc2)C2CCC(F)CC2)c1)N1C[C@@H](C(F)(F)F)NC1=O. The van der Waals surface area contributed by atoms with Gasteiger partial charge in [-0.2, -0.15) is 13.2 Å². The molecule has 4 rings (SSSR count). The van der Waals surface area contributed by atoms with Crippen LogP contribution in [0.25, 0.3) is 0 Å². The summed E-state index contributed by atoms with van der Waals surface area (Å²) in [6.07, 6.45) is -3.85. The van der Waals surface area contributed by atoms with Crippen LogP contribution in [0.4, 0.5) is 33.0 Å². The fourth-order valence-corrected chi connectivity index (χ4v) is 5.16. The normalized spacial score (nSPS) is 22.2. The topological polar surface area (TPSA) is 122 Å². The molecule has 3 N–H and O–H groups in total. The van der Waals surface area contributed by atoms with Crippen molar-refractivity contribution in [2.75, 3.05) is 25.6 Å². The van der Waals surface area contributed by atoms with Crippen LogP contribution in [0, 0.1) is 5.92 Å². The van der Waals surface area contributed by atoms with Gasteiger partial charge in [-0.3, -0.25) is 4.79 Å². The van der Waals surface area contributed by atoms with Crippen molar-refractivity contribution in [1.29, 1.82) is 0 Å². The summed E-state index contributed by atoms with van der Waals surface area (Å²) in [5.74, 6) is -0.925. The summed E-state index contributed by atoms with van der Waals surface area (Å²) in [6, 6.07) is 7.03.